The third-order valence-corrected chi connectivity index (χ3v) is 3.91. The maximum atomic E-state index is 12.5. The lowest BCUT2D eigenvalue weighted by Crippen LogP contribution is -2.48. The van der Waals surface area contributed by atoms with Gasteiger partial charge in [0.2, 0.25) is 11.8 Å². The minimum Gasteiger partial charge on any atom is -0.468 e. The molecule has 0 unspecified atom stereocenters. The van der Waals surface area contributed by atoms with Crippen molar-refractivity contribution in [3.8, 4) is 5.88 Å². The largest absolute Gasteiger partial charge is 0.468 e. The van der Waals surface area contributed by atoms with Crippen LogP contribution in [0.5, 0.6) is 5.88 Å². The zero-order chi connectivity index (χ0) is 17.9. The highest BCUT2D eigenvalue weighted by Crippen LogP contribution is 2.24. The number of primary amides is 1. The van der Waals surface area contributed by atoms with Crippen molar-refractivity contribution in [3.63, 3.8) is 0 Å². The fourth-order valence-corrected chi connectivity index (χ4v) is 2.54. The van der Waals surface area contributed by atoms with Crippen LogP contribution >= 0.6 is 0 Å². The second kappa shape index (κ2) is 7.06. The lowest BCUT2D eigenvalue weighted by atomic mass is 9.92. The molecule has 2 atom stereocenters. The topological polar surface area (TPSA) is 85.5 Å². The highest BCUT2D eigenvalue weighted by atomic mass is 19.4. The molecule has 2 rings (SSSR count). The lowest BCUT2D eigenvalue weighted by molar-refractivity contribution is -0.154. The van der Waals surface area contributed by atoms with Crippen LogP contribution in [0.2, 0.25) is 0 Å². The summed E-state index contributed by atoms with van der Waals surface area (Å²) in [6.07, 6.45) is -2.01. The van der Waals surface area contributed by atoms with E-state index in [1.165, 1.54) is 17.0 Å². The first-order valence-corrected chi connectivity index (χ1v) is 7.43. The Hall–Kier alpha value is -2.32. The summed E-state index contributed by atoms with van der Waals surface area (Å²) in [6, 6.07) is 2.50. The summed E-state index contributed by atoms with van der Waals surface area (Å²) in [5.74, 6) is -1.41. The van der Waals surface area contributed by atoms with Gasteiger partial charge in [0.25, 0.3) is 5.91 Å². The van der Waals surface area contributed by atoms with Gasteiger partial charge >= 0.3 is 6.18 Å². The van der Waals surface area contributed by atoms with E-state index in [1.807, 2.05) is 6.92 Å². The van der Waals surface area contributed by atoms with Crippen molar-refractivity contribution in [2.75, 3.05) is 13.2 Å². The van der Waals surface area contributed by atoms with Crippen LogP contribution in [0.15, 0.2) is 18.3 Å². The number of pyridine rings is 1. The number of amides is 2. The maximum absolute atomic E-state index is 12.5. The second-order valence-corrected chi connectivity index (χ2v) is 5.77. The number of alkyl halides is 3. The number of hydrogen-bond donors (Lipinski definition) is 1. The van der Waals surface area contributed by atoms with Gasteiger partial charge in [0.05, 0.1) is 11.5 Å². The average Bonchev–Trinajstić information content (AvgIpc) is 2.52. The van der Waals surface area contributed by atoms with E-state index in [9.17, 15) is 22.8 Å². The van der Waals surface area contributed by atoms with Gasteiger partial charge in [0.1, 0.15) is 0 Å². The molecule has 0 spiro atoms. The molecule has 0 aliphatic carbocycles. The fourth-order valence-electron chi connectivity index (χ4n) is 2.54. The molecule has 1 fully saturated rings. The van der Waals surface area contributed by atoms with Gasteiger partial charge in [-0.3, -0.25) is 9.59 Å². The minimum absolute atomic E-state index is 0.0609. The average molecular weight is 345 g/mol. The number of nitrogens with two attached hydrogens (primary N) is 1. The molecule has 2 N–H and O–H groups in total. The van der Waals surface area contributed by atoms with Gasteiger partial charge < -0.3 is 15.4 Å². The standard InChI is InChI=1S/C15H18F3N3O3/c1-9-2-3-11(13(19)22)7-21(9)14(23)10-4-5-12(20-6-10)24-8-15(16,17)18/h4-6,9,11H,2-3,7-8H2,1H3,(H2,19,22)/t9-,11-/m0/s1. The predicted molar refractivity (Wildman–Crippen MR) is 78.2 cm³/mol. The van der Waals surface area contributed by atoms with Crippen molar-refractivity contribution in [1.29, 1.82) is 0 Å². The Labute approximate surface area is 136 Å². The van der Waals surface area contributed by atoms with E-state index in [4.69, 9.17) is 5.73 Å². The highest BCUT2D eigenvalue weighted by molar-refractivity contribution is 5.94. The van der Waals surface area contributed by atoms with Crippen molar-refractivity contribution >= 4 is 11.8 Å². The molecule has 1 aliphatic rings. The van der Waals surface area contributed by atoms with Crippen molar-refractivity contribution in [1.82, 2.24) is 9.88 Å². The number of rotatable bonds is 4. The molecule has 0 aromatic carbocycles. The first kappa shape index (κ1) is 18.0. The van der Waals surface area contributed by atoms with E-state index in [-0.39, 0.29) is 29.9 Å². The van der Waals surface area contributed by atoms with Crippen LogP contribution in [0.1, 0.15) is 30.1 Å². The summed E-state index contributed by atoms with van der Waals surface area (Å²) in [5.41, 5.74) is 5.52. The number of aromatic nitrogens is 1. The smallest absolute Gasteiger partial charge is 0.422 e. The molecule has 1 saturated heterocycles. The van der Waals surface area contributed by atoms with Gasteiger partial charge in [-0.2, -0.15) is 13.2 Å². The van der Waals surface area contributed by atoms with Crippen molar-refractivity contribution in [2.24, 2.45) is 11.7 Å². The SMILES string of the molecule is C[C@H]1CC[C@H](C(N)=O)CN1C(=O)c1ccc(OCC(F)(F)F)nc1. The van der Waals surface area contributed by atoms with Gasteiger partial charge in [-0.25, -0.2) is 4.98 Å². The van der Waals surface area contributed by atoms with E-state index in [0.29, 0.717) is 12.8 Å². The number of likely N-dealkylation sites (tertiary alicyclic amines) is 1. The Morgan fingerprint density at radius 3 is 2.62 bits per heavy atom. The van der Waals surface area contributed by atoms with Crippen LogP contribution in [0, 0.1) is 5.92 Å². The molecular weight excluding hydrogens is 327 g/mol. The summed E-state index contributed by atoms with van der Waals surface area (Å²) in [4.78, 5) is 29.1. The molecule has 0 saturated carbocycles. The number of hydrogen-bond acceptors (Lipinski definition) is 4. The van der Waals surface area contributed by atoms with E-state index in [0.717, 1.165) is 6.20 Å². The predicted octanol–water partition coefficient (Wildman–Crippen LogP) is 1.75. The fraction of sp³-hybridized carbons (Fsp3) is 0.533. The minimum atomic E-state index is -4.46. The molecule has 0 bridgehead atoms. The van der Waals surface area contributed by atoms with E-state index in [2.05, 4.69) is 9.72 Å². The molecule has 2 amide bonds. The van der Waals surface area contributed by atoms with Gasteiger partial charge in [-0.1, -0.05) is 0 Å². The summed E-state index contributed by atoms with van der Waals surface area (Å²) in [6.45, 7) is 0.641. The van der Waals surface area contributed by atoms with Crippen LogP contribution in [-0.4, -0.2) is 47.1 Å². The Balaban J connectivity index is 2.04. The molecule has 132 valence electrons. The van der Waals surface area contributed by atoms with Gasteiger partial charge in [-0.15, -0.1) is 0 Å². The van der Waals surface area contributed by atoms with Crippen LogP contribution in [0.4, 0.5) is 13.2 Å². The molecule has 9 heteroatoms. The Morgan fingerprint density at radius 2 is 2.08 bits per heavy atom. The van der Waals surface area contributed by atoms with Gasteiger partial charge in [0, 0.05) is 24.8 Å². The highest BCUT2D eigenvalue weighted by Gasteiger charge is 2.32. The zero-order valence-electron chi connectivity index (χ0n) is 13.0. The molecule has 1 aliphatic heterocycles. The summed E-state index contributed by atoms with van der Waals surface area (Å²) >= 11 is 0. The molecule has 1 aromatic heterocycles. The number of piperidine rings is 1. The third kappa shape index (κ3) is 4.59. The van der Waals surface area contributed by atoms with Crippen molar-refractivity contribution < 1.29 is 27.5 Å². The van der Waals surface area contributed by atoms with Gasteiger partial charge in [-0.05, 0) is 25.8 Å². The van der Waals surface area contributed by atoms with E-state index in [1.54, 1.807) is 0 Å². The summed E-state index contributed by atoms with van der Waals surface area (Å²) in [7, 11) is 0. The summed E-state index contributed by atoms with van der Waals surface area (Å²) in [5, 5.41) is 0. The molecule has 6 nitrogen and oxygen atoms in total. The second-order valence-electron chi connectivity index (χ2n) is 5.77. The first-order valence-electron chi connectivity index (χ1n) is 7.43. The monoisotopic (exact) mass is 345 g/mol. The van der Waals surface area contributed by atoms with Crippen molar-refractivity contribution in [2.45, 2.75) is 32.0 Å². The Kier molecular flexibility index (Phi) is 5.30. The number of carbonyl (C=O) groups excluding carboxylic acids is 2. The number of carbonyl (C=O) groups is 2. The molecule has 0 radical (unpaired) electrons. The van der Waals surface area contributed by atoms with Crippen LogP contribution in [0.3, 0.4) is 0 Å². The maximum Gasteiger partial charge on any atom is 0.422 e. The number of nitrogens with zero attached hydrogens (tertiary/aromatic N) is 2. The molecule has 1 aromatic rings. The van der Waals surface area contributed by atoms with Crippen LogP contribution in [-0.2, 0) is 4.79 Å². The van der Waals surface area contributed by atoms with Crippen LogP contribution in [0.25, 0.3) is 0 Å². The molecule has 2 heterocycles. The number of halogens is 3. The summed E-state index contributed by atoms with van der Waals surface area (Å²) < 4.78 is 40.8. The van der Waals surface area contributed by atoms with Gasteiger partial charge in [0.15, 0.2) is 6.61 Å². The van der Waals surface area contributed by atoms with Crippen LogP contribution < -0.4 is 10.5 Å². The Morgan fingerprint density at radius 1 is 1.38 bits per heavy atom. The lowest BCUT2D eigenvalue weighted by Gasteiger charge is -2.36. The van der Waals surface area contributed by atoms with E-state index >= 15 is 0 Å². The quantitative estimate of drug-likeness (QED) is 0.901. The molecule has 24 heavy (non-hydrogen) atoms. The number of ether oxygens (including phenoxy) is 1. The van der Waals surface area contributed by atoms with E-state index < -0.39 is 24.6 Å². The van der Waals surface area contributed by atoms with Crippen molar-refractivity contribution in [3.05, 3.63) is 23.9 Å². The normalized spacial score (nSPS) is 21.4. The Bertz CT molecular complexity index is 604. The third-order valence-electron chi connectivity index (χ3n) is 3.91. The first-order chi connectivity index (χ1) is 11.2. The molecular formula is C15H18F3N3O3. The zero-order valence-corrected chi connectivity index (χ0v) is 13.0.